The number of aryl methyl sites for hydroxylation is 2. The van der Waals surface area contributed by atoms with E-state index in [1.807, 2.05) is 27.8 Å². The maximum atomic E-state index is 11.5. The normalized spacial score (nSPS) is 14.9. The van der Waals surface area contributed by atoms with Crippen LogP contribution in [0.4, 0.5) is 0 Å². The zero-order valence-electron chi connectivity index (χ0n) is 17.8. The molecule has 1 aliphatic rings. The summed E-state index contributed by atoms with van der Waals surface area (Å²) >= 11 is 0. The molecule has 0 atom stereocenters. The molecule has 156 valence electrons. The number of aliphatic imine (C=N–C) groups is 1. The first-order valence-corrected chi connectivity index (χ1v) is 10.5. The molecular formula is C22H32N6O. The van der Waals surface area contributed by atoms with E-state index in [2.05, 4.69) is 47.5 Å². The molecule has 0 saturated carbocycles. The van der Waals surface area contributed by atoms with Crippen molar-refractivity contribution < 1.29 is 4.79 Å². The smallest absolute Gasteiger partial charge is 0.219 e. The lowest BCUT2D eigenvalue weighted by Gasteiger charge is -2.36. The first kappa shape index (κ1) is 20.9. The summed E-state index contributed by atoms with van der Waals surface area (Å²) in [5, 5.41) is 8.04. The molecule has 1 fully saturated rings. The van der Waals surface area contributed by atoms with Gasteiger partial charge in [0.05, 0.1) is 11.4 Å². The van der Waals surface area contributed by atoms with Crippen molar-refractivity contribution in [2.24, 2.45) is 4.99 Å². The number of aromatic nitrogens is 2. The van der Waals surface area contributed by atoms with Gasteiger partial charge >= 0.3 is 0 Å². The Morgan fingerprint density at radius 3 is 2.48 bits per heavy atom. The van der Waals surface area contributed by atoms with Crippen molar-refractivity contribution in [3.8, 4) is 5.69 Å². The summed E-state index contributed by atoms with van der Waals surface area (Å²) in [4.78, 5) is 20.5. The number of piperazine rings is 1. The number of hydrogen-bond donors (Lipinski definition) is 1. The number of para-hydroxylation sites is 1. The number of guanidine groups is 1. The highest BCUT2D eigenvalue weighted by molar-refractivity contribution is 5.80. The van der Waals surface area contributed by atoms with Gasteiger partial charge in [-0.1, -0.05) is 18.2 Å². The van der Waals surface area contributed by atoms with Crippen molar-refractivity contribution in [1.29, 1.82) is 0 Å². The van der Waals surface area contributed by atoms with Crippen LogP contribution in [-0.4, -0.2) is 70.7 Å². The molecule has 0 bridgehead atoms. The molecular weight excluding hydrogens is 364 g/mol. The van der Waals surface area contributed by atoms with E-state index in [0.717, 1.165) is 69.5 Å². The minimum absolute atomic E-state index is 0.151. The van der Waals surface area contributed by atoms with E-state index in [1.165, 1.54) is 5.56 Å². The van der Waals surface area contributed by atoms with Crippen LogP contribution in [0.3, 0.4) is 0 Å². The number of benzene rings is 1. The van der Waals surface area contributed by atoms with Crippen LogP contribution in [0.15, 0.2) is 41.5 Å². The third-order valence-electron chi connectivity index (χ3n) is 5.25. The monoisotopic (exact) mass is 396 g/mol. The van der Waals surface area contributed by atoms with Crippen LogP contribution in [0.25, 0.3) is 5.69 Å². The summed E-state index contributed by atoms with van der Waals surface area (Å²) in [5.74, 6) is 1.10. The summed E-state index contributed by atoms with van der Waals surface area (Å²) in [7, 11) is 0. The predicted molar refractivity (Wildman–Crippen MR) is 116 cm³/mol. The fourth-order valence-electron chi connectivity index (χ4n) is 3.57. The molecule has 0 radical (unpaired) electrons. The van der Waals surface area contributed by atoms with E-state index < -0.39 is 0 Å². The maximum absolute atomic E-state index is 11.5. The van der Waals surface area contributed by atoms with Crippen molar-refractivity contribution in [3.05, 3.63) is 47.8 Å². The number of carbonyl (C=O) groups is 1. The summed E-state index contributed by atoms with van der Waals surface area (Å²) < 4.78 is 1.95. The van der Waals surface area contributed by atoms with Gasteiger partial charge in [0.2, 0.25) is 5.91 Å². The van der Waals surface area contributed by atoms with E-state index in [1.54, 1.807) is 6.92 Å². The van der Waals surface area contributed by atoms with E-state index >= 15 is 0 Å². The second kappa shape index (κ2) is 10.1. The molecule has 0 unspecified atom stereocenters. The van der Waals surface area contributed by atoms with E-state index in [-0.39, 0.29) is 5.91 Å². The quantitative estimate of drug-likeness (QED) is 0.462. The molecule has 1 amide bonds. The van der Waals surface area contributed by atoms with Gasteiger partial charge in [-0.2, -0.15) is 5.10 Å². The third-order valence-corrected chi connectivity index (χ3v) is 5.25. The second-order valence-corrected chi connectivity index (χ2v) is 7.35. The van der Waals surface area contributed by atoms with Gasteiger partial charge in [0.15, 0.2) is 5.96 Å². The summed E-state index contributed by atoms with van der Waals surface area (Å²) in [6.45, 7) is 10.6. The molecule has 1 aromatic heterocycles. The van der Waals surface area contributed by atoms with Crippen molar-refractivity contribution in [1.82, 2.24) is 24.9 Å². The summed E-state index contributed by atoms with van der Waals surface area (Å²) in [5.41, 5.74) is 3.42. The lowest BCUT2D eigenvalue weighted by molar-refractivity contribution is -0.130. The Hall–Kier alpha value is -2.83. The molecule has 7 nitrogen and oxygen atoms in total. The lowest BCUT2D eigenvalue weighted by Crippen LogP contribution is -2.53. The van der Waals surface area contributed by atoms with Crippen molar-refractivity contribution in [2.75, 3.05) is 39.3 Å². The van der Waals surface area contributed by atoms with Gasteiger partial charge in [-0.25, -0.2) is 4.68 Å². The molecule has 29 heavy (non-hydrogen) atoms. The Balaban J connectivity index is 1.54. The molecule has 3 rings (SSSR count). The number of nitrogens with zero attached hydrogens (tertiary/aromatic N) is 5. The van der Waals surface area contributed by atoms with Gasteiger partial charge in [0.25, 0.3) is 0 Å². The number of rotatable bonds is 6. The maximum Gasteiger partial charge on any atom is 0.219 e. The van der Waals surface area contributed by atoms with Crippen LogP contribution >= 0.6 is 0 Å². The van der Waals surface area contributed by atoms with Crippen LogP contribution in [-0.2, 0) is 11.2 Å². The summed E-state index contributed by atoms with van der Waals surface area (Å²) in [6.07, 6.45) is 4.06. The SMILES string of the molecule is CCNC(=NCCCc1cn(-c2ccccc2)nc1C)N1CCN(C(C)=O)CC1. The number of hydrogen-bond acceptors (Lipinski definition) is 3. The standard InChI is InChI=1S/C22H32N6O/c1-4-23-22(27-15-13-26(14-16-27)19(3)29)24-12-8-9-20-17-28(25-18(20)2)21-10-6-5-7-11-21/h5-7,10-11,17H,4,8-9,12-16H2,1-3H3,(H,23,24). The van der Waals surface area contributed by atoms with Crippen LogP contribution in [0.5, 0.6) is 0 Å². The van der Waals surface area contributed by atoms with E-state index in [4.69, 9.17) is 4.99 Å². The topological polar surface area (TPSA) is 65.8 Å². The fourth-order valence-corrected chi connectivity index (χ4v) is 3.57. The predicted octanol–water partition coefficient (Wildman–Crippen LogP) is 2.24. The number of nitrogens with one attached hydrogen (secondary N) is 1. The average Bonchev–Trinajstić information content (AvgIpc) is 3.11. The van der Waals surface area contributed by atoms with Crippen molar-refractivity contribution in [3.63, 3.8) is 0 Å². The fraction of sp³-hybridized carbons (Fsp3) is 0.500. The van der Waals surface area contributed by atoms with E-state index in [9.17, 15) is 4.79 Å². The minimum atomic E-state index is 0.151. The summed E-state index contributed by atoms with van der Waals surface area (Å²) in [6, 6.07) is 10.2. The highest BCUT2D eigenvalue weighted by Gasteiger charge is 2.20. The lowest BCUT2D eigenvalue weighted by atomic mass is 10.1. The first-order chi connectivity index (χ1) is 14.1. The van der Waals surface area contributed by atoms with Gasteiger partial charge in [-0.05, 0) is 44.4 Å². The van der Waals surface area contributed by atoms with Gasteiger partial charge < -0.3 is 15.1 Å². The Bertz CT molecular complexity index is 821. The largest absolute Gasteiger partial charge is 0.357 e. The molecule has 2 aromatic rings. The van der Waals surface area contributed by atoms with Gasteiger partial charge in [-0.15, -0.1) is 0 Å². The van der Waals surface area contributed by atoms with Crippen molar-refractivity contribution in [2.45, 2.75) is 33.6 Å². The molecule has 1 aromatic carbocycles. The van der Waals surface area contributed by atoms with Crippen LogP contribution in [0.2, 0.25) is 0 Å². The Kier molecular flexibility index (Phi) is 7.27. The highest BCUT2D eigenvalue weighted by Crippen LogP contribution is 2.13. The zero-order valence-corrected chi connectivity index (χ0v) is 17.8. The molecule has 0 spiro atoms. The third kappa shape index (κ3) is 5.59. The first-order valence-electron chi connectivity index (χ1n) is 10.5. The molecule has 1 aliphatic heterocycles. The second-order valence-electron chi connectivity index (χ2n) is 7.35. The molecule has 2 heterocycles. The minimum Gasteiger partial charge on any atom is -0.357 e. The van der Waals surface area contributed by atoms with Crippen LogP contribution in [0, 0.1) is 6.92 Å². The molecule has 1 N–H and O–H groups in total. The highest BCUT2D eigenvalue weighted by atomic mass is 16.2. The van der Waals surface area contributed by atoms with Gasteiger partial charge in [-0.3, -0.25) is 9.79 Å². The number of carbonyl (C=O) groups excluding carboxylic acids is 1. The number of amides is 1. The average molecular weight is 397 g/mol. The van der Waals surface area contributed by atoms with Crippen LogP contribution in [0.1, 0.15) is 31.5 Å². The van der Waals surface area contributed by atoms with Gasteiger partial charge in [0.1, 0.15) is 0 Å². The Labute approximate surface area is 173 Å². The van der Waals surface area contributed by atoms with E-state index in [0.29, 0.717) is 0 Å². The molecule has 7 heteroatoms. The van der Waals surface area contributed by atoms with Crippen molar-refractivity contribution >= 4 is 11.9 Å². The zero-order chi connectivity index (χ0) is 20.6. The Morgan fingerprint density at radius 1 is 1.14 bits per heavy atom. The molecule has 0 aliphatic carbocycles. The Morgan fingerprint density at radius 2 is 1.83 bits per heavy atom. The molecule has 1 saturated heterocycles. The van der Waals surface area contributed by atoms with Crippen LogP contribution < -0.4 is 5.32 Å². The van der Waals surface area contributed by atoms with Gasteiger partial charge in [0, 0.05) is 52.4 Å².